The number of nitrogens with one attached hydrogen (secondary N) is 1. The first-order valence-corrected chi connectivity index (χ1v) is 15.2. The summed E-state index contributed by atoms with van der Waals surface area (Å²) < 4.78 is 28.8. The van der Waals surface area contributed by atoms with Gasteiger partial charge in [0.2, 0.25) is 11.8 Å². The summed E-state index contributed by atoms with van der Waals surface area (Å²) >= 11 is 12.5. The number of hydrogen-bond acceptors (Lipinski definition) is 4. The number of nitrogens with zero attached hydrogens (tertiary/aromatic N) is 2. The lowest BCUT2D eigenvalue weighted by molar-refractivity contribution is -0.139. The van der Waals surface area contributed by atoms with E-state index in [1.165, 1.54) is 35.2 Å². The van der Waals surface area contributed by atoms with E-state index in [9.17, 15) is 18.0 Å². The van der Waals surface area contributed by atoms with Gasteiger partial charge in [0.1, 0.15) is 12.6 Å². The van der Waals surface area contributed by atoms with Crippen LogP contribution in [-0.2, 0) is 26.2 Å². The number of carbonyl (C=O) groups is 2. The summed E-state index contributed by atoms with van der Waals surface area (Å²) in [6, 6.07) is 17.4. The Morgan fingerprint density at radius 2 is 1.52 bits per heavy atom. The van der Waals surface area contributed by atoms with Crippen LogP contribution in [0.4, 0.5) is 5.69 Å². The third-order valence-electron chi connectivity index (χ3n) is 6.63. The Bertz CT molecular complexity index is 1440. The second-order valence-corrected chi connectivity index (χ2v) is 12.7. The number of sulfonamides is 1. The molecule has 10 heteroatoms. The van der Waals surface area contributed by atoms with Gasteiger partial charge in [-0.3, -0.25) is 13.9 Å². The predicted octanol–water partition coefficient (Wildman–Crippen LogP) is 6.14. The Hall–Kier alpha value is -3.07. The summed E-state index contributed by atoms with van der Waals surface area (Å²) in [5, 5.41) is 3.36. The van der Waals surface area contributed by atoms with Crippen molar-refractivity contribution in [2.24, 2.45) is 0 Å². The lowest BCUT2D eigenvalue weighted by atomic mass is 10.1. The van der Waals surface area contributed by atoms with Crippen LogP contribution >= 0.6 is 23.2 Å². The minimum Gasteiger partial charge on any atom is -0.352 e. The van der Waals surface area contributed by atoms with Gasteiger partial charge in [0.05, 0.1) is 10.6 Å². The van der Waals surface area contributed by atoms with Crippen LogP contribution in [0.2, 0.25) is 10.0 Å². The Morgan fingerprint density at radius 3 is 2.10 bits per heavy atom. The molecule has 7 nitrogen and oxygen atoms in total. The first-order chi connectivity index (χ1) is 18.8. The third kappa shape index (κ3) is 7.99. The van der Waals surface area contributed by atoms with E-state index in [1.54, 1.807) is 19.1 Å². The summed E-state index contributed by atoms with van der Waals surface area (Å²) in [5.74, 6) is -0.880. The molecule has 0 aromatic heterocycles. The molecule has 0 aliphatic carbocycles. The Morgan fingerprint density at radius 1 is 0.900 bits per heavy atom. The van der Waals surface area contributed by atoms with E-state index >= 15 is 0 Å². The van der Waals surface area contributed by atoms with E-state index in [1.807, 2.05) is 52.0 Å². The highest BCUT2D eigenvalue weighted by Crippen LogP contribution is 2.30. The van der Waals surface area contributed by atoms with E-state index in [0.29, 0.717) is 0 Å². The fourth-order valence-electron chi connectivity index (χ4n) is 4.10. The van der Waals surface area contributed by atoms with Crippen molar-refractivity contribution in [3.05, 3.63) is 93.5 Å². The normalized spacial score (nSPS) is 12.9. The first-order valence-electron chi connectivity index (χ1n) is 13.0. The molecule has 0 heterocycles. The maximum atomic E-state index is 14.0. The molecule has 0 bridgehead atoms. The first kappa shape index (κ1) is 31.5. The molecule has 2 unspecified atom stereocenters. The largest absolute Gasteiger partial charge is 0.352 e. The van der Waals surface area contributed by atoms with Crippen LogP contribution in [0, 0.1) is 13.8 Å². The molecule has 2 atom stereocenters. The van der Waals surface area contributed by atoms with Crippen LogP contribution in [0.25, 0.3) is 0 Å². The van der Waals surface area contributed by atoms with Gasteiger partial charge in [0.25, 0.3) is 10.0 Å². The summed E-state index contributed by atoms with van der Waals surface area (Å²) in [6.45, 7) is 8.81. The van der Waals surface area contributed by atoms with Crippen molar-refractivity contribution in [1.29, 1.82) is 0 Å². The zero-order chi connectivity index (χ0) is 29.6. The number of hydrogen-bond donors (Lipinski definition) is 1. The number of carbonyl (C=O) groups excluding carboxylic acids is 2. The minimum absolute atomic E-state index is 0.00907. The predicted molar refractivity (Wildman–Crippen MR) is 161 cm³/mol. The second kappa shape index (κ2) is 13.5. The zero-order valence-electron chi connectivity index (χ0n) is 23.3. The van der Waals surface area contributed by atoms with Crippen LogP contribution in [-0.4, -0.2) is 43.8 Å². The van der Waals surface area contributed by atoms with Crippen molar-refractivity contribution in [1.82, 2.24) is 10.2 Å². The molecule has 214 valence electrons. The third-order valence-corrected chi connectivity index (χ3v) is 8.85. The molecule has 3 aromatic rings. The second-order valence-electron chi connectivity index (χ2n) is 9.96. The van der Waals surface area contributed by atoms with Crippen LogP contribution in [0.15, 0.2) is 71.6 Å². The summed E-state index contributed by atoms with van der Waals surface area (Å²) in [5.41, 5.74) is 2.84. The molecule has 40 heavy (non-hydrogen) atoms. The van der Waals surface area contributed by atoms with Crippen LogP contribution in [0.5, 0.6) is 0 Å². The highest BCUT2D eigenvalue weighted by atomic mass is 35.5. The Labute approximate surface area is 247 Å². The summed E-state index contributed by atoms with van der Waals surface area (Å²) in [6.07, 6.45) is 0.725. The van der Waals surface area contributed by atoms with Crippen molar-refractivity contribution in [3.63, 3.8) is 0 Å². The molecule has 0 aliphatic heterocycles. The molecule has 3 aromatic carbocycles. The van der Waals surface area contributed by atoms with E-state index in [0.717, 1.165) is 27.4 Å². The van der Waals surface area contributed by atoms with Gasteiger partial charge in [-0.2, -0.15) is 0 Å². The molecule has 2 amide bonds. The number of amides is 2. The lowest BCUT2D eigenvalue weighted by Gasteiger charge is -2.32. The molecule has 0 radical (unpaired) electrons. The fourth-order valence-corrected chi connectivity index (χ4v) is 6.02. The SMILES string of the molecule is CCC(C)NC(=O)C(C)N(Cc1cccc(C)c1)C(=O)CN(c1cc(Cl)cc(Cl)c1)S(=O)(=O)c1ccc(C)cc1. The topological polar surface area (TPSA) is 86.8 Å². The van der Waals surface area contributed by atoms with E-state index in [2.05, 4.69) is 5.32 Å². The van der Waals surface area contributed by atoms with Gasteiger partial charge in [-0.05, 0) is 70.0 Å². The van der Waals surface area contributed by atoms with Crippen molar-refractivity contribution in [3.8, 4) is 0 Å². The van der Waals surface area contributed by atoms with Crippen molar-refractivity contribution < 1.29 is 18.0 Å². The highest BCUT2D eigenvalue weighted by Gasteiger charge is 2.33. The van der Waals surface area contributed by atoms with E-state index in [-0.39, 0.29) is 39.1 Å². The molecule has 0 aliphatic rings. The summed E-state index contributed by atoms with van der Waals surface area (Å²) in [7, 11) is -4.21. The van der Waals surface area contributed by atoms with Crippen LogP contribution < -0.4 is 9.62 Å². The number of aryl methyl sites for hydroxylation is 2. The smallest absolute Gasteiger partial charge is 0.264 e. The van der Waals surface area contributed by atoms with Gasteiger partial charge in [-0.25, -0.2) is 8.42 Å². The maximum absolute atomic E-state index is 14.0. The van der Waals surface area contributed by atoms with Gasteiger partial charge < -0.3 is 10.2 Å². The average molecular weight is 605 g/mol. The quantitative estimate of drug-likeness (QED) is 0.285. The minimum atomic E-state index is -4.21. The van der Waals surface area contributed by atoms with Gasteiger partial charge in [0, 0.05) is 22.6 Å². The van der Waals surface area contributed by atoms with Gasteiger partial charge in [-0.1, -0.05) is 77.7 Å². The Balaban J connectivity index is 2.06. The van der Waals surface area contributed by atoms with Crippen LogP contribution in [0.3, 0.4) is 0 Å². The van der Waals surface area contributed by atoms with Crippen molar-refractivity contribution >= 4 is 50.7 Å². The van der Waals surface area contributed by atoms with Crippen molar-refractivity contribution in [2.75, 3.05) is 10.8 Å². The molecular weight excluding hydrogens is 569 g/mol. The standard InChI is InChI=1S/C30H35Cl2N3O4S/c1-6-22(4)33-30(37)23(5)34(18-24-9-7-8-21(3)14-24)29(36)19-35(27-16-25(31)15-26(32)17-27)40(38,39)28-12-10-20(2)11-13-28/h7-17,22-23H,6,18-19H2,1-5H3,(H,33,37). The molecule has 1 N–H and O–H groups in total. The molecule has 0 saturated heterocycles. The molecule has 3 rings (SSSR count). The highest BCUT2D eigenvalue weighted by molar-refractivity contribution is 7.92. The molecule has 0 fully saturated rings. The van der Waals surface area contributed by atoms with E-state index in [4.69, 9.17) is 23.2 Å². The number of anilines is 1. The van der Waals surface area contributed by atoms with Gasteiger partial charge in [0.15, 0.2) is 0 Å². The molecule has 0 spiro atoms. The number of rotatable bonds is 11. The maximum Gasteiger partial charge on any atom is 0.264 e. The molecule has 0 saturated carbocycles. The Kier molecular flexibility index (Phi) is 10.6. The summed E-state index contributed by atoms with van der Waals surface area (Å²) in [4.78, 5) is 28.5. The van der Waals surface area contributed by atoms with Gasteiger partial charge in [-0.15, -0.1) is 0 Å². The molecular formula is C30H35Cl2N3O4S. The van der Waals surface area contributed by atoms with Crippen LogP contribution in [0.1, 0.15) is 43.9 Å². The van der Waals surface area contributed by atoms with Gasteiger partial charge >= 0.3 is 0 Å². The average Bonchev–Trinajstić information content (AvgIpc) is 2.89. The zero-order valence-corrected chi connectivity index (χ0v) is 25.6. The monoisotopic (exact) mass is 603 g/mol. The number of halogens is 2. The van der Waals surface area contributed by atoms with E-state index < -0.39 is 28.5 Å². The number of benzene rings is 3. The fraction of sp³-hybridized carbons (Fsp3) is 0.333. The lowest BCUT2D eigenvalue weighted by Crippen LogP contribution is -2.52. The van der Waals surface area contributed by atoms with Crippen molar-refractivity contribution in [2.45, 2.75) is 64.6 Å².